The summed E-state index contributed by atoms with van der Waals surface area (Å²) in [5.74, 6) is -0.0331. The maximum absolute atomic E-state index is 11.4. The quantitative estimate of drug-likeness (QED) is 0.721. The summed E-state index contributed by atoms with van der Waals surface area (Å²) in [5, 5.41) is 3.06. The molecule has 6 nitrogen and oxygen atoms in total. The molecule has 1 heterocycles. The van der Waals surface area contributed by atoms with Gasteiger partial charge in [0, 0.05) is 11.8 Å². The number of rotatable bonds is 4. The third-order valence-corrected chi connectivity index (χ3v) is 2.53. The Hall–Kier alpha value is -2.76. The number of hydrogen-bond donors (Lipinski definition) is 3. The normalized spacial score (nSPS) is 9.95. The number of amides is 1. The number of benzene rings is 1. The highest BCUT2D eigenvalue weighted by molar-refractivity contribution is 6.00. The van der Waals surface area contributed by atoms with E-state index in [0.717, 1.165) is 0 Å². The van der Waals surface area contributed by atoms with E-state index in [4.69, 9.17) is 16.2 Å². The third kappa shape index (κ3) is 2.92. The van der Waals surface area contributed by atoms with Crippen LogP contribution in [-0.4, -0.2) is 18.0 Å². The van der Waals surface area contributed by atoms with E-state index in [1.807, 2.05) is 0 Å². The highest BCUT2D eigenvalue weighted by atomic mass is 16.5. The van der Waals surface area contributed by atoms with Gasteiger partial charge in [0.25, 0.3) is 5.91 Å². The standard InChI is InChI=1S/C13H14N4O2/c1-19-12-5-3-9(7-16-12)17-11-4-2-8(14)6-10(11)13(15)18/h2-7,17H,14H2,1H3,(H2,15,18). The number of nitrogens with one attached hydrogen (secondary N) is 1. The van der Waals surface area contributed by atoms with Crippen molar-refractivity contribution < 1.29 is 9.53 Å². The SMILES string of the molecule is COc1ccc(Nc2ccc(N)cc2C(N)=O)cn1. The van der Waals surface area contributed by atoms with Gasteiger partial charge >= 0.3 is 0 Å². The molecule has 0 atom stereocenters. The smallest absolute Gasteiger partial charge is 0.250 e. The summed E-state index contributed by atoms with van der Waals surface area (Å²) in [7, 11) is 1.54. The molecule has 6 heteroatoms. The van der Waals surface area contributed by atoms with Crippen molar-refractivity contribution >= 4 is 23.0 Å². The fourth-order valence-electron chi connectivity index (χ4n) is 1.61. The molecule has 0 unspecified atom stereocenters. The van der Waals surface area contributed by atoms with E-state index >= 15 is 0 Å². The van der Waals surface area contributed by atoms with Crippen molar-refractivity contribution in [2.24, 2.45) is 5.73 Å². The largest absolute Gasteiger partial charge is 0.481 e. The Morgan fingerprint density at radius 3 is 2.68 bits per heavy atom. The second-order valence-corrected chi connectivity index (χ2v) is 3.88. The van der Waals surface area contributed by atoms with Crippen LogP contribution in [0.25, 0.3) is 0 Å². The number of methoxy groups -OCH3 is 1. The van der Waals surface area contributed by atoms with Crippen LogP contribution in [0.4, 0.5) is 17.1 Å². The van der Waals surface area contributed by atoms with E-state index in [1.54, 1.807) is 37.6 Å². The lowest BCUT2D eigenvalue weighted by Crippen LogP contribution is -2.13. The number of nitrogens with two attached hydrogens (primary N) is 2. The number of aromatic nitrogens is 1. The number of ether oxygens (including phenoxy) is 1. The molecule has 5 N–H and O–H groups in total. The van der Waals surface area contributed by atoms with Crippen LogP contribution >= 0.6 is 0 Å². The van der Waals surface area contributed by atoms with E-state index < -0.39 is 5.91 Å². The van der Waals surface area contributed by atoms with Crippen molar-refractivity contribution in [1.29, 1.82) is 0 Å². The van der Waals surface area contributed by atoms with Crippen molar-refractivity contribution in [3.63, 3.8) is 0 Å². The van der Waals surface area contributed by atoms with Crippen molar-refractivity contribution in [1.82, 2.24) is 4.98 Å². The van der Waals surface area contributed by atoms with Crippen molar-refractivity contribution in [2.75, 3.05) is 18.2 Å². The lowest BCUT2D eigenvalue weighted by Gasteiger charge is -2.10. The number of primary amides is 1. The van der Waals surface area contributed by atoms with Gasteiger partial charge in [-0.2, -0.15) is 0 Å². The lowest BCUT2D eigenvalue weighted by atomic mass is 10.1. The average Bonchev–Trinajstić information content (AvgIpc) is 2.41. The summed E-state index contributed by atoms with van der Waals surface area (Å²) in [6.45, 7) is 0. The average molecular weight is 258 g/mol. The van der Waals surface area contributed by atoms with Gasteiger partial charge in [0.1, 0.15) is 0 Å². The predicted molar refractivity (Wildman–Crippen MR) is 73.4 cm³/mol. The van der Waals surface area contributed by atoms with Gasteiger partial charge in [-0.05, 0) is 24.3 Å². The van der Waals surface area contributed by atoms with E-state index in [0.29, 0.717) is 28.5 Å². The van der Waals surface area contributed by atoms with Crippen LogP contribution in [0.5, 0.6) is 5.88 Å². The van der Waals surface area contributed by atoms with Gasteiger partial charge in [-0.15, -0.1) is 0 Å². The van der Waals surface area contributed by atoms with E-state index in [2.05, 4.69) is 10.3 Å². The zero-order valence-corrected chi connectivity index (χ0v) is 10.4. The van der Waals surface area contributed by atoms with Gasteiger partial charge in [0.15, 0.2) is 0 Å². The minimum absolute atomic E-state index is 0.329. The Labute approximate surface area is 110 Å². The number of hydrogen-bond acceptors (Lipinski definition) is 5. The summed E-state index contributed by atoms with van der Waals surface area (Å²) < 4.78 is 4.97. The number of anilines is 3. The molecule has 98 valence electrons. The van der Waals surface area contributed by atoms with Gasteiger partial charge in [0.2, 0.25) is 5.88 Å². The monoisotopic (exact) mass is 258 g/mol. The van der Waals surface area contributed by atoms with Crippen LogP contribution in [0.3, 0.4) is 0 Å². The lowest BCUT2D eigenvalue weighted by molar-refractivity contribution is 0.100. The highest BCUT2D eigenvalue weighted by Crippen LogP contribution is 2.23. The van der Waals surface area contributed by atoms with Crippen LogP contribution in [0.1, 0.15) is 10.4 Å². The van der Waals surface area contributed by atoms with Crippen LogP contribution in [0.2, 0.25) is 0 Å². The molecule has 1 aromatic heterocycles. The maximum atomic E-state index is 11.4. The van der Waals surface area contributed by atoms with Gasteiger partial charge in [-0.3, -0.25) is 4.79 Å². The number of nitrogen functional groups attached to an aromatic ring is 1. The molecule has 0 aliphatic heterocycles. The molecule has 2 aromatic rings. The Morgan fingerprint density at radius 2 is 2.11 bits per heavy atom. The zero-order chi connectivity index (χ0) is 13.8. The summed E-state index contributed by atoms with van der Waals surface area (Å²) in [5.41, 5.74) is 13.0. The first-order valence-corrected chi connectivity index (χ1v) is 5.56. The number of nitrogens with zero attached hydrogens (tertiary/aromatic N) is 1. The van der Waals surface area contributed by atoms with E-state index in [1.165, 1.54) is 6.07 Å². The van der Waals surface area contributed by atoms with Crippen LogP contribution in [-0.2, 0) is 0 Å². The van der Waals surface area contributed by atoms with Crippen LogP contribution in [0.15, 0.2) is 36.5 Å². The van der Waals surface area contributed by atoms with Gasteiger partial charge in [0.05, 0.1) is 30.2 Å². The third-order valence-electron chi connectivity index (χ3n) is 2.53. The van der Waals surface area contributed by atoms with Crippen molar-refractivity contribution in [3.8, 4) is 5.88 Å². The fraction of sp³-hybridized carbons (Fsp3) is 0.0769. The molecule has 1 aromatic carbocycles. The zero-order valence-electron chi connectivity index (χ0n) is 10.4. The van der Waals surface area contributed by atoms with E-state index in [9.17, 15) is 4.79 Å². The molecule has 2 rings (SSSR count). The first-order valence-electron chi connectivity index (χ1n) is 5.56. The molecular weight excluding hydrogens is 244 g/mol. The second kappa shape index (κ2) is 5.26. The maximum Gasteiger partial charge on any atom is 0.250 e. The summed E-state index contributed by atoms with van der Waals surface area (Å²) in [6, 6.07) is 8.41. The Morgan fingerprint density at radius 1 is 1.32 bits per heavy atom. The minimum atomic E-state index is -0.545. The molecule has 0 saturated heterocycles. The van der Waals surface area contributed by atoms with Crippen molar-refractivity contribution in [2.45, 2.75) is 0 Å². The molecule has 1 amide bonds. The molecule has 19 heavy (non-hydrogen) atoms. The first kappa shape index (κ1) is 12.7. The predicted octanol–water partition coefficient (Wildman–Crippen LogP) is 1.51. The number of carbonyl (C=O) groups is 1. The molecule has 0 aliphatic carbocycles. The minimum Gasteiger partial charge on any atom is -0.481 e. The second-order valence-electron chi connectivity index (χ2n) is 3.88. The highest BCUT2D eigenvalue weighted by Gasteiger charge is 2.09. The van der Waals surface area contributed by atoms with E-state index in [-0.39, 0.29) is 0 Å². The first-order chi connectivity index (χ1) is 9.10. The number of pyridine rings is 1. The summed E-state index contributed by atoms with van der Waals surface area (Å²) in [6.07, 6.45) is 1.60. The van der Waals surface area contributed by atoms with Gasteiger partial charge in [-0.1, -0.05) is 0 Å². The Bertz CT molecular complexity index is 596. The topological polar surface area (TPSA) is 103 Å². The number of carbonyl (C=O) groups excluding carboxylic acids is 1. The molecule has 0 spiro atoms. The molecule has 0 radical (unpaired) electrons. The molecule has 0 saturated carbocycles. The summed E-state index contributed by atoms with van der Waals surface area (Å²) >= 11 is 0. The molecule has 0 aliphatic rings. The summed E-state index contributed by atoms with van der Waals surface area (Å²) in [4.78, 5) is 15.4. The van der Waals surface area contributed by atoms with Crippen LogP contribution in [0, 0.1) is 0 Å². The van der Waals surface area contributed by atoms with Crippen molar-refractivity contribution in [3.05, 3.63) is 42.1 Å². The van der Waals surface area contributed by atoms with Gasteiger partial charge < -0.3 is 21.5 Å². The Kier molecular flexibility index (Phi) is 3.51. The van der Waals surface area contributed by atoms with Gasteiger partial charge in [-0.25, -0.2) is 4.98 Å². The fourth-order valence-corrected chi connectivity index (χ4v) is 1.61. The molecule has 0 bridgehead atoms. The Balaban J connectivity index is 2.29. The molecular formula is C13H14N4O2. The molecule has 0 fully saturated rings. The van der Waals surface area contributed by atoms with Crippen LogP contribution < -0.4 is 21.5 Å².